The lowest BCUT2D eigenvalue weighted by Gasteiger charge is -2.24. The summed E-state index contributed by atoms with van der Waals surface area (Å²) in [4.78, 5) is 9.13. The summed E-state index contributed by atoms with van der Waals surface area (Å²) >= 11 is 6.76. The Balaban J connectivity index is 0.000000215. The Bertz CT molecular complexity index is 3550. The first-order valence-corrected chi connectivity index (χ1v) is 33.4. The number of phenols is 8. The molecule has 8 nitrogen and oxygen atoms in total. The third-order valence-electron chi connectivity index (χ3n) is 15.5. The van der Waals surface area contributed by atoms with Crippen LogP contribution in [0.1, 0.15) is 184 Å². The summed E-state index contributed by atoms with van der Waals surface area (Å²) in [7, 11) is 0. The standard InChI is InChI=1S/C22H30O2S.C20H26O2S.C18H22O2S.C16H18O2S/c1-13-9-17(23)15(21(3,4)5)11-19(13)25-20-12-16(22(6,7)8)18(24)10-14(20)2;1-11(2)15-9-19(13(5)7-17(15)21)23-20-10-16(12(3)4)18(22)8-14(20)6;1-5-13-9-17(11(3)7-15(13)19)21-18-10-14(6-2)16(20)8-12(18)4;1-9-7-15(11(3)5-13(9)17)19-16-8-10(2)14(18)6-12(16)4/h9-12,23-24H,1-8H3;7-12,21-22H,1-6H3;7-10,19-20H,5-6H2,1-4H3;5-8,17-18H,1-4H3. The van der Waals surface area contributed by atoms with Crippen LogP contribution in [0.4, 0.5) is 0 Å². The zero-order valence-corrected chi connectivity index (χ0v) is 59.3. The Kier molecular flexibility index (Phi) is 25.0. The van der Waals surface area contributed by atoms with Crippen molar-refractivity contribution in [1.29, 1.82) is 0 Å². The Morgan fingerprint density at radius 1 is 0.273 bits per heavy atom. The molecular weight excluding hydrogens is 1170 g/mol. The van der Waals surface area contributed by atoms with Gasteiger partial charge < -0.3 is 40.9 Å². The molecule has 0 fully saturated rings. The van der Waals surface area contributed by atoms with E-state index in [0.29, 0.717) is 46.0 Å². The van der Waals surface area contributed by atoms with Gasteiger partial charge in [-0.05, 0) is 280 Å². The molecule has 0 atom stereocenters. The second-order valence-corrected chi connectivity index (χ2v) is 30.2. The zero-order chi connectivity index (χ0) is 66.2. The van der Waals surface area contributed by atoms with E-state index in [1.807, 2.05) is 132 Å². The van der Waals surface area contributed by atoms with Crippen molar-refractivity contribution in [3.63, 3.8) is 0 Å². The molecule has 0 aliphatic heterocycles. The van der Waals surface area contributed by atoms with E-state index in [9.17, 15) is 40.9 Å². The minimum Gasteiger partial charge on any atom is -0.508 e. The number of benzene rings is 8. The van der Waals surface area contributed by atoms with Crippen molar-refractivity contribution in [2.45, 2.75) is 227 Å². The predicted molar refractivity (Wildman–Crippen MR) is 373 cm³/mol. The van der Waals surface area contributed by atoms with E-state index in [2.05, 4.69) is 106 Å². The van der Waals surface area contributed by atoms with E-state index in [1.165, 1.54) is 0 Å². The molecule has 0 aliphatic rings. The van der Waals surface area contributed by atoms with Gasteiger partial charge in [-0.2, -0.15) is 0 Å². The molecule has 8 rings (SSSR count). The van der Waals surface area contributed by atoms with Gasteiger partial charge in [0, 0.05) is 50.3 Å². The average molecular weight is 1270 g/mol. The first kappa shape index (κ1) is 72.3. The van der Waals surface area contributed by atoms with Crippen LogP contribution in [0.15, 0.2) is 136 Å². The maximum Gasteiger partial charge on any atom is 0.119 e. The summed E-state index contributed by atoms with van der Waals surface area (Å²) in [6.07, 6.45) is 1.63. The van der Waals surface area contributed by atoms with Gasteiger partial charge in [0.2, 0.25) is 0 Å². The lowest BCUT2D eigenvalue weighted by molar-refractivity contribution is 0.444. The molecule has 8 aromatic carbocycles. The smallest absolute Gasteiger partial charge is 0.119 e. The maximum atomic E-state index is 10.3. The van der Waals surface area contributed by atoms with Gasteiger partial charge in [0.15, 0.2) is 0 Å². The number of phenolic OH excluding ortho intramolecular Hbond substituents is 8. The number of aryl methyl sites for hydroxylation is 12. The fourth-order valence-electron chi connectivity index (χ4n) is 9.75. The predicted octanol–water partition coefficient (Wildman–Crippen LogP) is 22.0. The lowest BCUT2D eigenvalue weighted by Crippen LogP contribution is -2.12. The number of rotatable bonds is 12. The van der Waals surface area contributed by atoms with Crippen LogP contribution in [0, 0.1) is 69.2 Å². The fourth-order valence-corrected chi connectivity index (χ4v) is 14.1. The van der Waals surface area contributed by atoms with Crippen molar-refractivity contribution in [3.05, 3.63) is 186 Å². The highest BCUT2D eigenvalue weighted by Crippen LogP contribution is 2.45. The molecule has 0 unspecified atom stereocenters. The highest BCUT2D eigenvalue weighted by molar-refractivity contribution is 8.00. The first-order valence-electron chi connectivity index (χ1n) is 30.2. The fraction of sp³-hybridized carbons (Fsp3) is 0.368. The minimum atomic E-state index is -0.117. The second-order valence-electron chi connectivity index (χ2n) is 25.8. The summed E-state index contributed by atoms with van der Waals surface area (Å²) in [6, 6.07) is 31.1. The average Bonchev–Trinajstić information content (AvgIpc) is 2.76. The molecule has 0 saturated heterocycles. The topological polar surface area (TPSA) is 162 Å². The Morgan fingerprint density at radius 3 is 0.739 bits per heavy atom. The largest absolute Gasteiger partial charge is 0.508 e. The van der Waals surface area contributed by atoms with Gasteiger partial charge in [-0.3, -0.25) is 0 Å². The Labute approximate surface area is 543 Å². The molecule has 0 bridgehead atoms. The minimum absolute atomic E-state index is 0.117. The van der Waals surface area contributed by atoms with Crippen LogP contribution in [-0.4, -0.2) is 40.9 Å². The van der Waals surface area contributed by atoms with Crippen LogP contribution in [0.5, 0.6) is 46.0 Å². The van der Waals surface area contributed by atoms with Crippen molar-refractivity contribution in [3.8, 4) is 46.0 Å². The molecule has 0 saturated carbocycles. The van der Waals surface area contributed by atoms with Gasteiger partial charge in [-0.15, -0.1) is 0 Å². The monoisotopic (exact) mass is 1260 g/mol. The maximum absolute atomic E-state index is 10.3. The molecule has 12 heteroatoms. The van der Waals surface area contributed by atoms with Gasteiger partial charge in [0.05, 0.1) is 0 Å². The molecule has 0 aromatic heterocycles. The molecule has 0 radical (unpaired) electrons. The van der Waals surface area contributed by atoms with Crippen LogP contribution >= 0.6 is 47.0 Å². The third kappa shape index (κ3) is 18.8. The van der Waals surface area contributed by atoms with Crippen molar-refractivity contribution in [2.24, 2.45) is 0 Å². The lowest BCUT2D eigenvalue weighted by atomic mass is 9.86. The van der Waals surface area contributed by atoms with Crippen molar-refractivity contribution >= 4 is 47.0 Å². The van der Waals surface area contributed by atoms with E-state index in [4.69, 9.17) is 0 Å². The quantitative estimate of drug-likeness (QED) is 0.0586. The van der Waals surface area contributed by atoms with Crippen LogP contribution in [0.3, 0.4) is 0 Å². The summed E-state index contributed by atoms with van der Waals surface area (Å²) < 4.78 is 0. The molecular formula is C76H96O8S4. The molecule has 8 N–H and O–H groups in total. The number of aromatic hydroxyl groups is 8. The molecule has 0 spiro atoms. The molecule has 0 heterocycles. The van der Waals surface area contributed by atoms with Crippen LogP contribution in [-0.2, 0) is 23.7 Å². The van der Waals surface area contributed by atoms with Gasteiger partial charge in [-0.25, -0.2) is 0 Å². The van der Waals surface area contributed by atoms with E-state index in [1.54, 1.807) is 59.2 Å². The van der Waals surface area contributed by atoms with E-state index < -0.39 is 0 Å². The second kappa shape index (κ2) is 30.4. The molecule has 88 heavy (non-hydrogen) atoms. The van der Waals surface area contributed by atoms with Gasteiger partial charge in [0.1, 0.15) is 46.0 Å². The Morgan fingerprint density at radius 2 is 0.489 bits per heavy atom. The van der Waals surface area contributed by atoms with Crippen LogP contribution in [0.25, 0.3) is 0 Å². The van der Waals surface area contributed by atoms with Crippen molar-refractivity contribution < 1.29 is 40.9 Å². The van der Waals surface area contributed by atoms with Crippen LogP contribution in [0.2, 0.25) is 0 Å². The number of hydrogen-bond acceptors (Lipinski definition) is 12. The zero-order valence-electron chi connectivity index (χ0n) is 56.0. The molecule has 0 amide bonds. The summed E-state index contributed by atoms with van der Waals surface area (Å²) in [6.45, 7) is 44.9. The van der Waals surface area contributed by atoms with Gasteiger partial charge >= 0.3 is 0 Å². The summed E-state index contributed by atoms with van der Waals surface area (Å²) in [5.74, 6) is 3.41. The highest BCUT2D eigenvalue weighted by Gasteiger charge is 2.24. The third-order valence-corrected chi connectivity index (χ3v) is 20.8. The normalized spacial score (nSPS) is 11.5. The van der Waals surface area contributed by atoms with E-state index in [0.717, 1.165) is 141 Å². The van der Waals surface area contributed by atoms with E-state index >= 15 is 0 Å². The molecule has 8 aromatic rings. The van der Waals surface area contributed by atoms with Crippen molar-refractivity contribution in [2.75, 3.05) is 0 Å². The molecule has 472 valence electrons. The summed E-state index contributed by atoms with van der Waals surface area (Å²) in [5.41, 5.74) is 15.8. The van der Waals surface area contributed by atoms with Crippen LogP contribution < -0.4 is 0 Å². The highest BCUT2D eigenvalue weighted by atomic mass is 32.2. The van der Waals surface area contributed by atoms with Crippen molar-refractivity contribution in [1.82, 2.24) is 0 Å². The summed E-state index contributed by atoms with van der Waals surface area (Å²) in [5, 5.41) is 80.1. The first-order chi connectivity index (χ1) is 40.8. The number of hydrogen-bond donors (Lipinski definition) is 8. The van der Waals surface area contributed by atoms with Gasteiger partial charge in [-0.1, -0.05) is 130 Å². The van der Waals surface area contributed by atoms with Gasteiger partial charge in [0.25, 0.3) is 0 Å². The Hall–Kier alpha value is -6.44. The SMILES string of the molecule is CCc1cc(Sc2cc(CC)c(O)cc2C)c(C)cc1O.Cc1cc(O)c(C(C)(C)C)cc1Sc1cc(C(C)(C)C)c(O)cc1C.Cc1cc(O)c(C(C)C)cc1Sc1cc(C(C)C)c(O)cc1C.Cc1cc(Sc2cc(C)c(O)cc2C)c(C)cc1O. The van der Waals surface area contributed by atoms with E-state index in [-0.39, 0.29) is 22.7 Å². The molecule has 0 aliphatic carbocycles.